The van der Waals surface area contributed by atoms with E-state index >= 15 is 0 Å². The van der Waals surface area contributed by atoms with Crippen molar-refractivity contribution in [3.05, 3.63) is 34.1 Å². The smallest absolute Gasteiger partial charge is 0.372 e. The molecule has 8 heteroatoms. The molecule has 0 bridgehead atoms. The van der Waals surface area contributed by atoms with Crippen LogP contribution in [0.2, 0.25) is 0 Å². The summed E-state index contributed by atoms with van der Waals surface area (Å²) in [5.74, 6) is -0.799. The number of H-pyrrole nitrogens is 1. The highest BCUT2D eigenvalue weighted by Crippen LogP contribution is 2.22. The van der Waals surface area contributed by atoms with E-state index in [1.54, 1.807) is 6.07 Å². The first-order valence-electron chi connectivity index (χ1n) is 5.71. The zero-order valence-corrected chi connectivity index (χ0v) is 11.1. The normalized spacial score (nSPS) is 10.8. The van der Waals surface area contributed by atoms with Crippen LogP contribution in [0.4, 0.5) is 0 Å². The van der Waals surface area contributed by atoms with Gasteiger partial charge in [-0.25, -0.2) is 14.7 Å². The molecule has 2 aromatic heterocycles. The second-order valence-corrected chi connectivity index (χ2v) is 4.77. The third kappa shape index (κ3) is 2.90. The van der Waals surface area contributed by atoms with Crippen LogP contribution in [0.15, 0.2) is 26.7 Å². The lowest BCUT2D eigenvalue weighted by Crippen LogP contribution is -2.17. The summed E-state index contributed by atoms with van der Waals surface area (Å²) in [4.78, 5) is 22.4. The molecule has 0 spiro atoms. The Morgan fingerprint density at radius 3 is 3.11 bits per heavy atom. The van der Waals surface area contributed by atoms with Crippen LogP contribution in [0.3, 0.4) is 0 Å². The van der Waals surface area contributed by atoms with Gasteiger partial charge in [-0.2, -0.15) is 0 Å². The van der Waals surface area contributed by atoms with Gasteiger partial charge in [0, 0.05) is 17.9 Å². The number of thioether (sulfide) groups is 1. The van der Waals surface area contributed by atoms with E-state index in [2.05, 4.69) is 10.2 Å². The van der Waals surface area contributed by atoms with E-state index in [1.807, 2.05) is 6.92 Å². The first-order valence-corrected chi connectivity index (χ1v) is 6.69. The van der Waals surface area contributed by atoms with E-state index in [-0.39, 0.29) is 11.4 Å². The molecule has 2 N–H and O–H groups in total. The predicted octanol–water partition coefficient (Wildman–Crippen LogP) is 1.56. The Hall–Kier alpha value is -1.96. The van der Waals surface area contributed by atoms with Crippen molar-refractivity contribution in [1.29, 1.82) is 0 Å². The standard InChI is InChI=1S/C11H13N3O4S/c1-2-4-14-10(17)12-13-11(14)19-6-7-3-5-18-8(7)9(15)16/h3,5H,2,4,6H2,1H3,(H,12,17)(H,15,16). The fourth-order valence-corrected chi connectivity index (χ4v) is 2.57. The Bertz CT molecular complexity index is 628. The Morgan fingerprint density at radius 2 is 2.42 bits per heavy atom. The SMILES string of the molecule is CCCn1c(SCc2ccoc2C(=O)O)n[nH]c1=O. The lowest BCUT2D eigenvalue weighted by atomic mass is 10.3. The van der Waals surface area contributed by atoms with E-state index < -0.39 is 5.97 Å². The van der Waals surface area contributed by atoms with Gasteiger partial charge in [0.1, 0.15) is 0 Å². The van der Waals surface area contributed by atoms with Crippen molar-refractivity contribution in [3.8, 4) is 0 Å². The third-order valence-corrected chi connectivity index (χ3v) is 3.49. The van der Waals surface area contributed by atoms with Crippen LogP contribution in [0.1, 0.15) is 29.5 Å². The minimum Gasteiger partial charge on any atom is -0.475 e. The summed E-state index contributed by atoms with van der Waals surface area (Å²) >= 11 is 1.29. The van der Waals surface area contributed by atoms with Crippen molar-refractivity contribution in [2.24, 2.45) is 0 Å². The largest absolute Gasteiger partial charge is 0.475 e. The maximum absolute atomic E-state index is 11.5. The van der Waals surface area contributed by atoms with Crippen LogP contribution in [-0.2, 0) is 12.3 Å². The summed E-state index contributed by atoms with van der Waals surface area (Å²) in [6.07, 6.45) is 2.15. The molecule has 0 unspecified atom stereocenters. The van der Waals surface area contributed by atoms with Crippen molar-refractivity contribution in [3.63, 3.8) is 0 Å². The van der Waals surface area contributed by atoms with Crippen molar-refractivity contribution in [2.75, 3.05) is 0 Å². The molecule has 0 aliphatic heterocycles. The fourth-order valence-electron chi connectivity index (χ4n) is 1.61. The number of rotatable bonds is 6. The topological polar surface area (TPSA) is 101 Å². The van der Waals surface area contributed by atoms with Crippen LogP contribution in [-0.4, -0.2) is 25.8 Å². The van der Waals surface area contributed by atoms with Gasteiger partial charge in [-0.3, -0.25) is 4.57 Å². The highest BCUT2D eigenvalue weighted by atomic mass is 32.2. The summed E-state index contributed by atoms with van der Waals surface area (Å²) in [6, 6.07) is 1.60. The second kappa shape index (κ2) is 5.79. The number of nitrogens with zero attached hydrogens (tertiary/aromatic N) is 2. The van der Waals surface area contributed by atoms with Crippen LogP contribution in [0.25, 0.3) is 0 Å². The molecule has 0 atom stereocenters. The minimum atomic E-state index is -1.10. The Morgan fingerprint density at radius 1 is 1.63 bits per heavy atom. The van der Waals surface area contributed by atoms with Crippen molar-refractivity contribution >= 4 is 17.7 Å². The molecule has 0 aliphatic carbocycles. The number of carbonyl (C=O) groups is 1. The number of furan rings is 1. The molecule has 0 aromatic carbocycles. The molecule has 19 heavy (non-hydrogen) atoms. The average Bonchev–Trinajstić information content (AvgIpc) is 2.96. The fraction of sp³-hybridized carbons (Fsp3) is 0.364. The average molecular weight is 283 g/mol. The summed E-state index contributed by atoms with van der Waals surface area (Å²) in [7, 11) is 0. The van der Waals surface area contributed by atoms with Gasteiger partial charge in [0.15, 0.2) is 5.16 Å². The van der Waals surface area contributed by atoms with E-state index in [1.165, 1.54) is 22.6 Å². The number of carboxylic acids is 1. The number of aromatic amines is 1. The van der Waals surface area contributed by atoms with Gasteiger partial charge < -0.3 is 9.52 Å². The Balaban J connectivity index is 2.12. The van der Waals surface area contributed by atoms with Gasteiger partial charge in [-0.1, -0.05) is 18.7 Å². The summed E-state index contributed by atoms with van der Waals surface area (Å²) in [5, 5.41) is 15.8. The highest BCUT2D eigenvalue weighted by molar-refractivity contribution is 7.98. The van der Waals surface area contributed by atoms with Crippen molar-refractivity contribution in [1.82, 2.24) is 14.8 Å². The molecule has 2 aromatic rings. The summed E-state index contributed by atoms with van der Waals surface area (Å²) in [5.41, 5.74) is 0.311. The molecule has 7 nitrogen and oxygen atoms in total. The number of nitrogens with one attached hydrogen (secondary N) is 1. The molecule has 0 aliphatic rings. The highest BCUT2D eigenvalue weighted by Gasteiger charge is 2.15. The molecular formula is C11H13N3O4S. The maximum atomic E-state index is 11.5. The number of hydrogen-bond acceptors (Lipinski definition) is 5. The molecule has 0 saturated carbocycles. The molecule has 2 heterocycles. The first kappa shape index (κ1) is 13.5. The summed E-state index contributed by atoms with van der Waals surface area (Å²) < 4.78 is 6.42. The molecule has 0 radical (unpaired) electrons. The Kier molecular flexibility index (Phi) is 4.10. The number of carboxylic acid groups (broad SMARTS) is 1. The zero-order chi connectivity index (χ0) is 13.8. The van der Waals surface area contributed by atoms with Crippen LogP contribution < -0.4 is 5.69 Å². The monoisotopic (exact) mass is 283 g/mol. The number of aromatic nitrogens is 3. The van der Waals surface area contributed by atoms with Gasteiger partial charge in [-0.15, -0.1) is 5.10 Å². The van der Waals surface area contributed by atoms with E-state index in [4.69, 9.17) is 9.52 Å². The predicted molar refractivity (Wildman–Crippen MR) is 68.4 cm³/mol. The number of aromatic carboxylic acids is 1. The lowest BCUT2D eigenvalue weighted by molar-refractivity contribution is 0.0661. The quantitative estimate of drug-likeness (QED) is 0.780. The molecule has 0 fully saturated rings. The van der Waals surface area contributed by atoms with Gasteiger partial charge in [0.05, 0.1) is 6.26 Å². The van der Waals surface area contributed by atoms with Crippen LogP contribution in [0.5, 0.6) is 0 Å². The molecule has 0 saturated heterocycles. The van der Waals surface area contributed by atoms with Crippen LogP contribution >= 0.6 is 11.8 Å². The van der Waals surface area contributed by atoms with Gasteiger partial charge in [0.2, 0.25) is 5.76 Å². The van der Waals surface area contributed by atoms with E-state index in [9.17, 15) is 9.59 Å². The van der Waals surface area contributed by atoms with E-state index in [0.717, 1.165) is 6.42 Å². The van der Waals surface area contributed by atoms with Gasteiger partial charge in [-0.05, 0) is 12.5 Å². The van der Waals surface area contributed by atoms with Crippen molar-refractivity contribution < 1.29 is 14.3 Å². The zero-order valence-electron chi connectivity index (χ0n) is 10.3. The van der Waals surface area contributed by atoms with E-state index in [0.29, 0.717) is 23.0 Å². The second-order valence-electron chi connectivity index (χ2n) is 3.83. The molecule has 0 amide bonds. The van der Waals surface area contributed by atoms with Gasteiger partial charge >= 0.3 is 11.7 Å². The Labute approximate surface area is 112 Å². The van der Waals surface area contributed by atoms with Crippen molar-refractivity contribution in [2.45, 2.75) is 30.8 Å². The van der Waals surface area contributed by atoms with Crippen LogP contribution in [0, 0.1) is 0 Å². The molecule has 2 rings (SSSR count). The maximum Gasteiger partial charge on any atom is 0.372 e. The minimum absolute atomic E-state index is 0.0765. The number of hydrogen-bond donors (Lipinski definition) is 2. The lowest BCUT2D eigenvalue weighted by Gasteiger charge is -2.02. The van der Waals surface area contributed by atoms with Gasteiger partial charge in [0.25, 0.3) is 0 Å². The molecule has 102 valence electrons. The third-order valence-electron chi connectivity index (χ3n) is 2.47. The first-order chi connectivity index (χ1) is 9.13. The molecular weight excluding hydrogens is 270 g/mol. The summed E-state index contributed by atoms with van der Waals surface area (Å²) in [6.45, 7) is 2.54.